The Kier molecular flexibility index (Phi) is 8.06. The second kappa shape index (κ2) is 10.3. The average Bonchev–Trinajstić information content (AvgIpc) is 2.67. The Morgan fingerprint density at radius 3 is 2.74 bits per heavy atom. The maximum atomic E-state index is 12.7. The fourth-order valence-electron chi connectivity index (χ4n) is 3.07. The molecule has 0 spiro atoms. The molecule has 0 aromatic heterocycles. The highest BCUT2D eigenvalue weighted by atomic mass is 35.5. The summed E-state index contributed by atoms with van der Waals surface area (Å²) in [6.07, 6.45) is 2.84. The van der Waals surface area contributed by atoms with Crippen LogP contribution in [0.5, 0.6) is 0 Å². The van der Waals surface area contributed by atoms with Gasteiger partial charge in [-0.05, 0) is 37.5 Å². The van der Waals surface area contributed by atoms with Gasteiger partial charge in [0, 0.05) is 32.3 Å². The summed E-state index contributed by atoms with van der Waals surface area (Å²) in [5, 5.41) is 5.75. The van der Waals surface area contributed by atoms with Gasteiger partial charge in [0.25, 0.3) is 5.91 Å². The van der Waals surface area contributed by atoms with E-state index in [1.165, 1.54) is 0 Å². The lowest BCUT2D eigenvalue weighted by atomic mass is 10.0. The summed E-state index contributed by atoms with van der Waals surface area (Å²) < 4.78 is 4.89. The second-order valence-electron chi connectivity index (χ2n) is 6.38. The van der Waals surface area contributed by atoms with Gasteiger partial charge in [0.05, 0.1) is 17.2 Å². The number of amides is 3. The van der Waals surface area contributed by atoms with Crippen molar-refractivity contribution in [2.24, 2.45) is 0 Å². The number of anilines is 1. The van der Waals surface area contributed by atoms with Crippen molar-refractivity contribution in [1.82, 2.24) is 10.2 Å². The van der Waals surface area contributed by atoms with Crippen molar-refractivity contribution in [2.75, 3.05) is 32.1 Å². The van der Waals surface area contributed by atoms with Crippen LogP contribution in [0.2, 0.25) is 5.02 Å². The lowest BCUT2D eigenvalue weighted by Gasteiger charge is -2.34. The molecule has 1 aromatic rings. The predicted octanol–water partition coefficient (Wildman–Crippen LogP) is 2.45. The van der Waals surface area contributed by atoms with Gasteiger partial charge >= 0.3 is 0 Å². The van der Waals surface area contributed by atoms with Crippen LogP contribution in [0.3, 0.4) is 0 Å². The summed E-state index contributed by atoms with van der Waals surface area (Å²) in [5.74, 6) is -0.553. The number of nitrogens with zero attached hydrogens (tertiary/aromatic N) is 1. The Balaban J connectivity index is 2.04. The second-order valence-corrected chi connectivity index (χ2v) is 6.79. The van der Waals surface area contributed by atoms with Gasteiger partial charge in [-0.1, -0.05) is 18.5 Å². The number of likely N-dealkylation sites (tertiary alicyclic amines) is 1. The molecule has 7 nitrogen and oxygen atoms in total. The van der Waals surface area contributed by atoms with Crippen LogP contribution in [0.15, 0.2) is 18.2 Å². The molecule has 3 amide bonds. The number of methoxy groups -OCH3 is 1. The van der Waals surface area contributed by atoms with Crippen LogP contribution in [0, 0.1) is 0 Å². The highest BCUT2D eigenvalue weighted by molar-refractivity contribution is 6.34. The number of benzene rings is 1. The van der Waals surface area contributed by atoms with E-state index in [9.17, 15) is 14.4 Å². The Morgan fingerprint density at radius 2 is 2.07 bits per heavy atom. The molecule has 8 heteroatoms. The van der Waals surface area contributed by atoms with E-state index in [0.29, 0.717) is 43.8 Å². The summed E-state index contributed by atoms with van der Waals surface area (Å²) in [6, 6.07) is 4.26. The van der Waals surface area contributed by atoms with Gasteiger partial charge in [-0.25, -0.2) is 0 Å². The van der Waals surface area contributed by atoms with Gasteiger partial charge in [0.15, 0.2) is 0 Å². The first-order valence-electron chi connectivity index (χ1n) is 9.15. The lowest BCUT2D eigenvalue weighted by Crippen LogP contribution is -2.49. The summed E-state index contributed by atoms with van der Waals surface area (Å²) in [7, 11) is 1.55. The van der Waals surface area contributed by atoms with Crippen LogP contribution >= 0.6 is 11.6 Å². The maximum absolute atomic E-state index is 12.7. The minimum Gasteiger partial charge on any atom is -0.383 e. The molecule has 0 saturated carbocycles. The standard InChI is InChI=1S/C19H26ClN3O4/c1-3-17(24)23-10-5-4-6-16(23)19(26)22-13-7-8-14(15(20)12-13)18(25)21-9-11-27-2/h7-8,12,16H,3-6,9-11H2,1-2H3,(H,21,25)(H,22,26). The zero-order chi connectivity index (χ0) is 19.8. The predicted molar refractivity (Wildman–Crippen MR) is 104 cm³/mol. The first-order valence-corrected chi connectivity index (χ1v) is 9.52. The minimum absolute atomic E-state index is 0.0176. The fraction of sp³-hybridized carbons (Fsp3) is 0.526. The maximum Gasteiger partial charge on any atom is 0.252 e. The Bertz CT molecular complexity index is 696. The topological polar surface area (TPSA) is 87.7 Å². The van der Waals surface area contributed by atoms with Gasteiger partial charge in [-0.2, -0.15) is 0 Å². The Morgan fingerprint density at radius 1 is 1.30 bits per heavy atom. The van der Waals surface area contributed by atoms with Gasteiger partial charge in [0.2, 0.25) is 11.8 Å². The van der Waals surface area contributed by atoms with Crippen molar-refractivity contribution in [2.45, 2.75) is 38.6 Å². The quantitative estimate of drug-likeness (QED) is 0.694. The smallest absolute Gasteiger partial charge is 0.252 e. The zero-order valence-corrected chi connectivity index (χ0v) is 16.5. The number of hydrogen-bond donors (Lipinski definition) is 2. The highest BCUT2D eigenvalue weighted by Gasteiger charge is 2.31. The number of hydrogen-bond acceptors (Lipinski definition) is 4. The molecule has 148 valence electrons. The molecule has 1 atom stereocenters. The van der Waals surface area contributed by atoms with Gasteiger partial charge in [-0.15, -0.1) is 0 Å². The number of carbonyl (C=O) groups excluding carboxylic acids is 3. The molecule has 2 N–H and O–H groups in total. The molecule has 2 rings (SSSR count). The van der Waals surface area contributed by atoms with E-state index in [0.717, 1.165) is 12.8 Å². The third-order valence-electron chi connectivity index (χ3n) is 4.50. The van der Waals surface area contributed by atoms with E-state index in [-0.39, 0.29) is 22.7 Å². The molecule has 1 aliphatic rings. The highest BCUT2D eigenvalue weighted by Crippen LogP contribution is 2.23. The number of rotatable bonds is 7. The normalized spacial score (nSPS) is 16.7. The van der Waals surface area contributed by atoms with Crippen molar-refractivity contribution in [1.29, 1.82) is 0 Å². The monoisotopic (exact) mass is 395 g/mol. The van der Waals surface area contributed by atoms with Crippen molar-refractivity contribution in [3.05, 3.63) is 28.8 Å². The summed E-state index contributed by atoms with van der Waals surface area (Å²) >= 11 is 6.20. The van der Waals surface area contributed by atoms with E-state index in [1.807, 2.05) is 0 Å². The molecule has 1 fully saturated rings. The Hall–Kier alpha value is -2.12. The van der Waals surface area contributed by atoms with Crippen molar-refractivity contribution >= 4 is 35.0 Å². The van der Waals surface area contributed by atoms with Gasteiger partial charge < -0.3 is 20.3 Å². The average molecular weight is 396 g/mol. The minimum atomic E-state index is -0.470. The van der Waals surface area contributed by atoms with Crippen molar-refractivity contribution in [3.8, 4) is 0 Å². The van der Waals surface area contributed by atoms with Crippen LogP contribution in [-0.4, -0.2) is 55.5 Å². The SMILES string of the molecule is CCC(=O)N1CCCCC1C(=O)Nc1ccc(C(=O)NCCOC)c(Cl)c1. The van der Waals surface area contributed by atoms with Gasteiger partial charge in [0.1, 0.15) is 6.04 Å². The fourth-order valence-corrected chi connectivity index (χ4v) is 3.34. The molecule has 1 aromatic carbocycles. The van der Waals surface area contributed by atoms with E-state index >= 15 is 0 Å². The van der Waals surface area contributed by atoms with Crippen molar-refractivity contribution < 1.29 is 19.1 Å². The molecule has 0 aliphatic carbocycles. The number of ether oxygens (including phenoxy) is 1. The van der Waals surface area contributed by atoms with E-state index < -0.39 is 6.04 Å². The summed E-state index contributed by atoms with van der Waals surface area (Å²) in [5.41, 5.74) is 0.819. The number of carbonyl (C=O) groups is 3. The molecule has 0 radical (unpaired) electrons. The van der Waals surface area contributed by atoms with E-state index in [2.05, 4.69) is 10.6 Å². The summed E-state index contributed by atoms with van der Waals surface area (Å²) in [4.78, 5) is 38.5. The van der Waals surface area contributed by atoms with Crippen LogP contribution in [0.4, 0.5) is 5.69 Å². The molecule has 1 aliphatic heterocycles. The van der Waals surface area contributed by atoms with Crippen LogP contribution in [0.1, 0.15) is 43.0 Å². The van der Waals surface area contributed by atoms with Crippen molar-refractivity contribution in [3.63, 3.8) is 0 Å². The molecule has 1 saturated heterocycles. The Labute approximate surface area is 164 Å². The van der Waals surface area contributed by atoms with Crippen LogP contribution in [0.25, 0.3) is 0 Å². The molecular formula is C19H26ClN3O4. The molecular weight excluding hydrogens is 370 g/mol. The first kappa shape index (κ1) is 21.2. The molecule has 1 heterocycles. The zero-order valence-electron chi connectivity index (χ0n) is 15.7. The lowest BCUT2D eigenvalue weighted by molar-refractivity contribution is -0.140. The van der Waals surface area contributed by atoms with E-state index in [1.54, 1.807) is 37.1 Å². The first-order chi connectivity index (χ1) is 13.0. The molecule has 27 heavy (non-hydrogen) atoms. The number of nitrogens with one attached hydrogen (secondary N) is 2. The van der Waals surface area contributed by atoms with Crippen LogP contribution < -0.4 is 10.6 Å². The largest absolute Gasteiger partial charge is 0.383 e. The number of halogens is 1. The molecule has 0 bridgehead atoms. The third kappa shape index (κ3) is 5.68. The van der Waals surface area contributed by atoms with Crippen LogP contribution in [-0.2, 0) is 14.3 Å². The third-order valence-corrected chi connectivity index (χ3v) is 4.81. The summed E-state index contributed by atoms with van der Waals surface area (Å²) in [6.45, 7) is 3.19. The van der Waals surface area contributed by atoms with E-state index in [4.69, 9.17) is 16.3 Å². The number of piperidine rings is 1. The molecule has 1 unspecified atom stereocenters. The van der Waals surface area contributed by atoms with Gasteiger partial charge in [-0.3, -0.25) is 14.4 Å².